The van der Waals surface area contributed by atoms with Gasteiger partial charge in [-0.15, -0.1) is 0 Å². The molecule has 0 rings (SSSR count). The van der Waals surface area contributed by atoms with Crippen molar-refractivity contribution in [2.45, 2.75) is 27.7 Å². The second-order valence-corrected chi connectivity index (χ2v) is 13.2. The van der Waals surface area contributed by atoms with Gasteiger partial charge in [0, 0.05) is 0 Å². The molecule has 0 aliphatic heterocycles. The number of phosphoric ester groups is 2. The third kappa shape index (κ3) is 8.91. The second-order valence-electron chi connectivity index (χ2n) is 2.94. The number of hydrogen-bond donors (Lipinski definition) is 0. The minimum atomic E-state index is -3.60. The summed E-state index contributed by atoms with van der Waals surface area (Å²) in [6, 6.07) is 0. The number of rotatable bonds is 12. The van der Waals surface area contributed by atoms with Crippen LogP contribution in [0.2, 0.25) is 0 Å². The van der Waals surface area contributed by atoms with Gasteiger partial charge < -0.3 is 0 Å². The van der Waals surface area contributed by atoms with Gasteiger partial charge >= 0.3 is 127 Å². The zero-order valence-corrected chi connectivity index (χ0v) is 19.0. The van der Waals surface area contributed by atoms with Crippen molar-refractivity contribution in [1.82, 2.24) is 0 Å². The Kier molecular flexibility index (Phi) is 11.5. The summed E-state index contributed by atoms with van der Waals surface area (Å²) in [5.41, 5.74) is 0. The van der Waals surface area contributed by atoms with E-state index in [1.165, 1.54) is 0 Å². The van der Waals surface area contributed by atoms with Gasteiger partial charge in [0.25, 0.3) is 0 Å². The van der Waals surface area contributed by atoms with Crippen LogP contribution in [0.1, 0.15) is 27.7 Å². The molecule has 0 amide bonds. The van der Waals surface area contributed by atoms with E-state index in [0.717, 1.165) is 0 Å². The second kappa shape index (κ2) is 10.8. The summed E-state index contributed by atoms with van der Waals surface area (Å²) < 4.78 is 53.7. The quantitative estimate of drug-likeness (QED) is 0.294. The summed E-state index contributed by atoms with van der Waals surface area (Å²) in [5, 5.41) is 0. The van der Waals surface area contributed by atoms with E-state index in [9.17, 15) is 9.13 Å². The van der Waals surface area contributed by atoms with Crippen molar-refractivity contribution >= 4 is 15.6 Å². The van der Waals surface area contributed by atoms with Crippen LogP contribution in [0, 0.1) is 0 Å². The first kappa shape index (κ1) is 20.2. The van der Waals surface area contributed by atoms with Crippen LogP contribution >= 0.6 is 15.6 Å². The van der Waals surface area contributed by atoms with Gasteiger partial charge in [-0.25, -0.2) is 0 Å². The third-order valence-corrected chi connectivity index (χ3v) is 14.5. The fraction of sp³-hybridized carbons (Fsp3) is 1.00. The Hall–Kier alpha value is 1.16. The predicted octanol–water partition coefficient (Wildman–Crippen LogP) is 3.29. The first-order valence-corrected chi connectivity index (χ1v) is 13.4. The molecule has 0 aromatic heterocycles. The van der Waals surface area contributed by atoms with E-state index in [1.807, 2.05) is 0 Å². The zero-order valence-electron chi connectivity index (χ0n) is 11.7. The van der Waals surface area contributed by atoms with Crippen molar-refractivity contribution in [1.29, 1.82) is 0 Å². The van der Waals surface area contributed by atoms with Crippen LogP contribution in [0.25, 0.3) is 0 Å². The Bertz CT molecular complexity index is 276. The van der Waals surface area contributed by atoms with Gasteiger partial charge in [-0.1, -0.05) is 0 Å². The maximum atomic E-state index is 12.0. The molecule has 0 fully saturated rings. The molecule has 0 aliphatic rings. The summed E-state index contributed by atoms with van der Waals surface area (Å²) in [6.45, 7) is 7.38. The summed E-state index contributed by atoms with van der Waals surface area (Å²) in [5.74, 6) is 0. The van der Waals surface area contributed by atoms with Crippen molar-refractivity contribution in [3.63, 3.8) is 0 Å². The van der Waals surface area contributed by atoms with E-state index in [1.54, 1.807) is 27.7 Å². The van der Waals surface area contributed by atoms with Gasteiger partial charge in [0.05, 0.1) is 0 Å². The molecule has 0 bridgehead atoms. The number of hydrogen-bond acceptors (Lipinski definition) is 8. The molecule has 0 saturated carbocycles. The van der Waals surface area contributed by atoms with Crippen LogP contribution in [0.5, 0.6) is 0 Å². The van der Waals surface area contributed by atoms with Crippen LogP contribution in [0.4, 0.5) is 0 Å². The van der Waals surface area contributed by atoms with Crippen LogP contribution < -0.4 is 0 Å². The number of phosphoric acid groups is 2. The Morgan fingerprint density at radius 1 is 0.684 bits per heavy atom. The Balaban J connectivity index is 4.36. The predicted molar refractivity (Wildman–Crippen MR) is 63.9 cm³/mol. The normalized spacial score (nSPS) is 12.4. The van der Waals surface area contributed by atoms with Gasteiger partial charge in [-0.2, -0.15) is 0 Å². The van der Waals surface area contributed by atoms with Crippen molar-refractivity contribution < 1.29 is 57.6 Å². The van der Waals surface area contributed by atoms with E-state index in [2.05, 4.69) is 0 Å². The molecular weight excluding hydrogens is 487 g/mol. The van der Waals surface area contributed by atoms with Crippen LogP contribution in [-0.4, -0.2) is 26.4 Å². The summed E-state index contributed by atoms with van der Waals surface area (Å²) >= 11 is -2.69. The Morgan fingerprint density at radius 3 is 1.16 bits per heavy atom. The van der Waals surface area contributed by atoms with Gasteiger partial charge in [-0.3, -0.25) is 0 Å². The molecule has 0 spiro atoms. The SMILES string of the molecule is CCOP(=O)(OCC)[O][Hg][O]P(=O)(OCC)OCC. The molecule has 19 heavy (non-hydrogen) atoms. The molecule has 0 N–H and O–H groups in total. The molecule has 0 unspecified atom stereocenters. The van der Waals surface area contributed by atoms with Gasteiger partial charge in [0.15, 0.2) is 0 Å². The van der Waals surface area contributed by atoms with Crippen LogP contribution in [0.3, 0.4) is 0 Å². The minimum absolute atomic E-state index is 0.180. The van der Waals surface area contributed by atoms with E-state index < -0.39 is 41.1 Å². The van der Waals surface area contributed by atoms with E-state index in [4.69, 9.17) is 23.0 Å². The van der Waals surface area contributed by atoms with Crippen LogP contribution in [-0.2, 0) is 57.6 Å². The molecule has 11 heteroatoms. The third-order valence-electron chi connectivity index (χ3n) is 1.57. The van der Waals surface area contributed by atoms with Crippen molar-refractivity contribution in [2.75, 3.05) is 26.4 Å². The summed E-state index contributed by atoms with van der Waals surface area (Å²) in [4.78, 5) is 0. The van der Waals surface area contributed by atoms with E-state index in [0.29, 0.717) is 0 Å². The molecular formula is C8H20HgO8P2. The Labute approximate surface area is 127 Å². The topological polar surface area (TPSA) is 89.5 Å². The van der Waals surface area contributed by atoms with Gasteiger partial charge in [0.2, 0.25) is 0 Å². The molecule has 8 nitrogen and oxygen atoms in total. The van der Waals surface area contributed by atoms with Gasteiger partial charge in [-0.05, 0) is 0 Å². The van der Waals surface area contributed by atoms with Crippen molar-refractivity contribution in [3.8, 4) is 0 Å². The summed E-state index contributed by atoms with van der Waals surface area (Å²) in [7, 11) is -7.20. The maximum absolute atomic E-state index is 12.0. The van der Waals surface area contributed by atoms with E-state index >= 15 is 0 Å². The molecule has 0 radical (unpaired) electrons. The first-order chi connectivity index (χ1) is 8.95. The molecule has 112 valence electrons. The van der Waals surface area contributed by atoms with Crippen LogP contribution in [0.15, 0.2) is 0 Å². The van der Waals surface area contributed by atoms with Gasteiger partial charge in [0.1, 0.15) is 0 Å². The monoisotopic (exact) mass is 508 g/mol. The molecule has 0 aromatic rings. The molecule has 0 aliphatic carbocycles. The fourth-order valence-corrected chi connectivity index (χ4v) is 11.3. The van der Waals surface area contributed by atoms with E-state index in [-0.39, 0.29) is 26.4 Å². The van der Waals surface area contributed by atoms with Crippen molar-refractivity contribution in [2.24, 2.45) is 0 Å². The molecule has 0 heterocycles. The molecule has 0 atom stereocenters. The average molecular weight is 507 g/mol. The zero-order chi connectivity index (χ0) is 14.8. The summed E-state index contributed by atoms with van der Waals surface area (Å²) in [6.07, 6.45) is 0. The average Bonchev–Trinajstić information content (AvgIpc) is 2.29. The molecule has 0 saturated heterocycles. The molecule has 0 aromatic carbocycles. The first-order valence-electron chi connectivity index (χ1n) is 6.02. The Morgan fingerprint density at radius 2 is 0.947 bits per heavy atom. The van der Waals surface area contributed by atoms with Crippen molar-refractivity contribution in [3.05, 3.63) is 0 Å². The fourth-order valence-electron chi connectivity index (χ4n) is 1.01. The standard InChI is InChI=1S/2C4H11O4P.Hg/c2*1-3-7-9(5,6)8-4-2;/h2*3-4H2,1-2H3,(H,5,6);/q;;+2/p-2.